The number of nitrogens with zero attached hydrogens (tertiary/aromatic N) is 2. The van der Waals surface area contributed by atoms with Crippen molar-refractivity contribution in [1.82, 2.24) is 15.1 Å². The topological polar surface area (TPSA) is 113 Å². The lowest BCUT2D eigenvalue weighted by Crippen LogP contribution is -2.46. The molecule has 0 unspecified atom stereocenters. The van der Waals surface area contributed by atoms with E-state index in [9.17, 15) is 22.8 Å². The molecule has 4 amide bonds. The molecule has 2 atom stereocenters. The number of imide groups is 1. The Bertz CT molecular complexity index is 914. The highest BCUT2D eigenvalue weighted by atomic mass is 32.2. The van der Waals surface area contributed by atoms with Gasteiger partial charge >= 0.3 is 6.03 Å². The molecule has 1 aromatic rings. The average molecular weight is 409 g/mol. The minimum Gasteiger partial charge on any atom is -0.497 e. The molecule has 0 aromatic heterocycles. The summed E-state index contributed by atoms with van der Waals surface area (Å²) in [7, 11) is -0.126. The summed E-state index contributed by atoms with van der Waals surface area (Å²) in [5.41, 5.74) is -0.726. The molecule has 0 bridgehead atoms. The van der Waals surface area contributed by atoms with Crippen LogP contribution in [0.15, 0.2) is 24.3 Å². The lowest BCUT2D eigenvalue weighted by atomic mass is 9.92. The summed E-state index contributed by atoms with van der Waals surface area (Å²) in [5, 5.41) is 2.64. The summed E-state index contributed by atoms with van der Waals surface area (Å²) < 4.78 is 28.4. The molecule has 0 aliphatic carbocycles. The fraction of sp³-hybridized carbons (Fsp3) is 0.500. The number of nitrogens with one attached hydrogen (secondary N) is 1. The molecular weight excluding hydrogens is 386 g/mol. The molecule has 0 radical (unpaired) electrons. The van der Waals surface area contributed by atoms with E-state index in [1.54, 1.807) is 31.2 Å². The number of sulfone groups is 1. The number of hydrogen-bond acceptors (Lipinski definition) is 6. The van der Waals surface area contributed by atoms with Crippen LogP contribution < -0.4 is 10.1 Å². The maximum Gasteiger partial charge on any atom is 0.325 e. The number of benzene rings is 1. The van der Waals surface area contributed by atoms with Crippen LogP contribution in [0.2, 0.25) is 0 Å². The first kappa shape index (κ1) is 20.1. The fourth-order valence-corrected chi connectivity index (χ4v) is 5.27. The Morgan fingerprint density at radius 1 is 1.32 bits per heavy atom. The number of rotatable bonds is 5. The molecule has 2 saturated heterocycles. The molecule has 1 N–H and O–H groups in total. The smallest absolute Gasteiger partial charge is 0.325 e. The number of carbonyl (C=O) groups is 3. The summed E-state index contributed by atoms with van der Waals surface area (Å²) in [5.74, 6) is -0.468. The van der Waals surface area contributed by atoms with Gasteiger partial charge in [0, 0.05) is 13.1 Å². The van der Waals surface area contributed by atoms with Crippen LogP contribution in [0.5, 0.6) is 5.75 Å². The largest absolute Gasteiger partial charge is 0.497 e. The first-order chi connectivity index (χ1) is 13.1. The van der Waals surface area contributed by atoms with Gasteiger partial charge in [-0.25, -0.2) is 13.2 Å². The van der Waals surface area contributed by atoms with Gasteiger partial charge in [0.15, 0.2) is 9.84 Å². The third-order valence-corrected chi connectivity index (χ3v) is 7.14. The minimum atomic E-state index is -3.15. The second kappa shape index (κ2) is 7.08. The highest BCUT2D eigenvalue weighted by Gasteiger charge is 2.50. The van der Waals surface area contributed by atoms with Crippen LogP contribution in [0.4, 0.5) is 4.79 Å². The third kappa shape index (κ3) is 3.56. The molecule has 1 aromatic carbocycles. The Labute approximate surface area is 163 Å². The van der Waals surface area contributed by atoms with Crippen LogP contribution in [0.1, 0.15) is 18.9 Å². The van der Waals surface area contributed by atoms with Crippen LogP contribution in [0.3, 0.4) is 0 Å². The van der Waals surface area contributed by atoms with Gasteiger partial charge in [-0.05, 0) is 31.0 Å². The van der Waals surface area contributed by atoms with Gasteiger partial charge in [0.05, 0.1) is 18.6 Å². The van der Waals surface area contributed by atoms with E-state index in [1.807, 2.05) is 0 Å². The first-order valence-corrected chi connectivity index (χ1v) is 10.6. The van der Waals surface area contributed by atoms with Crippen LogP contribution in [-0.4, -0.2) is 74.3 Å². The number of carbonyl (C=O) groups excluding carboxylic acids is 3. The zero-order valence-corrected chi connectivity index (χ0v) is 16.8. The van der Waals surface area contributed by atoms with Crippen molar-refractivity contribution < 1.29 is 27.5 Å². The van der Waals surface area contributed by atoms with Gasteiger partial charge < -0.3 is 15.0 Å². The monoisotopic (exact) mass is 409 g/mol. The van der Waals surface area contributed by atoms with Gasteiger partial charge in [0.25, 0.3) is 5.91 Å². The van der Waals surface area contributed by atoms with E-state index in [2.05, 4.69) is 5.32 Å². The normalized spacial score (nSPS) is 26.2. The van der Waals surface area contributed by atoms with E-state index in [-0.39, 0.29) is 11.5 Å². The van der Waals surface area contributed by atoms with Crippen LogP contribution in [0.25, 0.3) is 0 Å². The van der Waals surface area contributed by atoms with E-state index < -0.39 is 45.8 Å². The fourth-order valence-electron chi connectivity index (χ4n) is 3.49. The molecule has 0 spiro atoms. The maximum atomic E-state index is 12.9. The Morgan fingerprint density at radius 3 is 2.50 bits per heavy atom. The number of methoxy groups -OCH3 is 1. The predicted octanol–water partition coefficient (Wildman–Crippen LogP) is 0.108. The van der Waals surface area contributed by atoms with E-state index in [0.29, 0.717) is 17.7 Å². The quantitative estimate of drug-likeness (QED) is 0.691. The minimum absolute atomic E-state index is 0.0357. The average Bonchev–Trinajstić information content (AvgIpc) is 3.13. The van der Waals surface area contributed by atoms with Crippen LogP contribution in [0, 0.1) is 0 Å². The molecular formula is C18H23N3O6S. The van der Waals surface area contributed by atoms with Crippen molar-refractivity contribution in [3.8, 4) is 5.75 Å². The van der Waals surface area contributed by atoms with E-state index in [1.165, 1.54) is 19.1 Å². The lowest BCUT2D eigenvalue weighted by molar-refractivity contribution is -0.139. The van der Waals surface area contributed by atoms with Crippen LogP contribution >= 0.6 is 0 Å². The van der Waals surface area contributed by atoms with Crippen molar-refractivity contribution in [3.63, 3.8) is 0 Å². The van der Waals surface area contributed by atoms with Crippen molar-refractivity contribution in [1.29, 1.82) is 0 Å². The van der Waals surface area contributed by atoms with Crippen molar-refractivity contribution in [2.75, 3.05) is 32.2 Å². The van der Waals surface area contributed by atoms with Crippen molar-refractivity contribution >= 4 is 27.7 Å². The number of hydrogen-bond donors (Lipinski definition) is 1. The summed E-state index contributed by atoms with van der Waals surface area (Å²) in [6.07, 6.45) is 0.355. The van der Waals surface area contributed by atoms with Gasteiger partial charge in [-0.15, -0.1) is 0 Å². The molecule has 10 heteroatoms. The second-order valence-corrected chi connectivity index (χ2v) is 9.47. The summed E-state index contributed by atoms with van der Waals surface area (Å²) in [6.45, 7) is 1.14. The van der Waals surface area contributed by atoms with Gasteiger partial charge in [0.2, 0.25) is 5.91 Å². The van der Waals surface area contributed by atoms with Gasteiger partial charge in [-0.3, -0.25) is 14.5 Å². The Hall–Kier alpha value is -2.62. The highest BCUT2D eigenvalue weighted by Crippen LogP contribution is 2.30. The van der Waals surface area contributed by atoms with Gasteiger partial charge in [0.1, 0.15) is 17.8 Å². The van der Waals surface area contributed by atoms with E-state index >= 15 is 0 Å². The number of amides is 4. The Balaban J connectivity index is 1.73. The molecule has 2 aliphatic rings. The first-order valence-electron chi connectivity index (χ1n) is 8.82. The molecule has 2 fully saturated rings. The van der Waals surface area contributed by atoms with Crippen molar-refractivity contribution in [2.45, 2.75) is 24.9 Å². The summed E-state index contributed by atoms with van der Waals surface area (Å²) in [4.78, 5) is 40.0. The molecule has 2 heterocycles. The number of urea groups is 1. The van der Waals surface area contributed by atoms with Gasteiger partial charge in [-0.1, -0.05) is 12.1 Å². The zero-order valence-electron chi connectivity index (χ0n) is 16.0. The highest BCUT2D eigenvalue weighted by molar-refractivity contribution is 7.91. The van der Waals surface area contributed by atoms with E-state index in [0.717, 1.165) is 4.90 Å². The standard InChI is InChI=1S/C18H23N3O6S/c1-18(12-4-6-14(27-3)7-5-12)16(23)21(17(24)19-18)10-15(22)20(2)13-8-9-28(25,26)11-13/h4-7,13H,8-11H2,1-3H3,(H,19,24)/t13-,18+/m1/s1. The van der Waals surface area contributed by atoms with Crippen molar-refractivity contribution in [2.24, 2.45) is 0 Å². The summed E-state index contributed by atoms with van der Waals surface area (Å²) >= 11 is 0. The molecule has 9 nitrogen and oxygen atoms in total. The number of likely N-dealkylation sites (N-methyl/N-ethyl adjacent to an activating group) is 1. The lowest BCUT2D eigenvalue weighted by Gasteiger charge is -2.26. The van der Waals surface area contributed by atoms with Crippen molar-refractivity contribution in [3.05, 3.63) is 29.8 Å². The van der Waals surface area contributed by atoms with E-state index in [4.69, 9.17) is 4.74 Å². The second-order valence-electron chi connectivity index (χ2n) is 7.24. The molecule has 28 heavy (non-hydrogen) atoms. The van der Waals surface area contributed by atoms with Crippen LogP contribution in [-0.2, 0) is 25.0 Å². The molecule has 3 rings (SSSR count). The zero-order chi connectivity index (χ0) is 20.7. The van der Waals surface area contributed by atoms with Gasteiger partial charge in [-0.2, -0.15) is 0 Å². The Morgan fingerprint density at radius 2 is 1.96 bits per heavy atom. The third-order valence-electron chi connectivity index (χ3n) is 5.39. The Kier molecular flexibility index (Phi) is 5.09. The number of ether oxygens (including phenoxy) is 1. The molecule has 0 saturated carbocycles. The SMILES string of the molecule is COc1ccc([C@]2(C)NC(=O)N(CC(=O)N(C)[C@@H]3CCS(=O)(=O)C3)C2=O)cc1. The maximum absolute atomic E-state index is 12.9. The summed E-state index contributed by atoms with van der Waals surface area (Å²) in [6, 6.07) is 5.62. The molecule has 152 valence electrons. The predicted molar refractivity (Wildman–Crippen MR) is 100 cm³/mol. The molecule has 2 aliphatic heterocycles.